The number of likely N-dealkylation sites (tertiary alicyclic amines) is 1. The molecule has 0 radical (unpaired) electrons. The second-order valence-electron chi connectivity index (χ2n) is 6.78. The summed E-state index contributed by atoms with van der Waals surface area (Å²) in [5.41, 5.74) is 7.36. The highest BCUT2D eigenvalue weighted by molar-refractivity contribution is 5.78. The van der Waals surface area contributed by atoms with Crippen LogP contribution in [0.2, 0.25) is 0 Å². The van der Waals surface area contributed by atoms with Gasteiger partial charge in [0.2, 0.25) is 5.91 Å². The van der Waals surface area contributed by atoms with Crippen LogP contribution in [-0.4, -0.2) is 28.9 Å². The van der Waals surface area contributed by atoms with Crippen LogP contribution < -0.4 is 5.73 Å². The lowest BCUT2D eigenvalue weighted by Crippen LogP contribution is -2.42. The molecule has 4 heteroatoms. The first-order valence-electron chi connectivity index (χ1n) is 7.34. The third-order valence-electron chi connectivity index (χ3n) is 4.25. The van der Waals surface area contributed by atoms with Crippen LogP contribution in [0.5, 0.6) is 0 Å². The molecule has 1 aliphatic rings. The number of aromatic nitrogens is 1. The molecule has 0 bridgehead atoms. The van der Waals surface area contributed by atoms with Crippen molar-refractivity contribution in [2.24, 2.45) is 11.3 Å². The number of nitrogens with two attached hydrogens (primary N) is 1. The van der Waals surface area contributed by atoms with E-state index < -0.39 is 0 Å². The van der Waals surface area contributed by atoms with E-state index in [2.05, 4.69) is 25.8 Å². The Hall–Kier alpha value is -1.58. The number of rotatable bonds is 2. The van der Waals surface area contributed by atoms with Gasteiger partial charge in [0.1, 0.15) is 0 Å². The van der Waals surface area contributed by atoms with Gasteiger partial charge in [0.15, 0.2) is 0 Å². The van der Waals surface area contributed by atoms with Crippen molar-refractivity contribution >= 4 is 11.6 Å². The number of amides is 1. The normalized spacial score (nSPS) is 17.2. The number of carbonyl (C=O) groups is 1. The fourth-order valence-electron chi connectivity index (χ4n) is 2.80. The summed E-state index contributed by atoms with van der Waals surface area (Å²) in [6.45, 7) is 8.60. The molecule has 2 rings (SSSR count). The molecular weight excluding hydrogens is 250 g/mol. The van der Waals surface area contributed by atoms with Crippen LogP contribution in [0.25, 0.3) is 0 Å². The van der Waals surface area contributed by atoms with E-state index in [1.807, 2.05) is 11.0 Å². The average Bonchev–Trinajstić information content (AvgIpc) is 2.40. The summed E-state index contributed by atoms with van der Waals surface area (Å²) in [5, 5.41) is 0. The summed E-state index contributed by atoms with van der Waals surface area (Å²) in [6, 6.07) is 3.62. The van der Waals surface area contributed by atoms with Gasteiger partial charge in [-0.1, -0.05) is 20.8 Å². The number of hydrogen-bond acceptors (Lipinski definition) is 3. The first kappa shape index (κ1) is 14.8. The van der Waals surface area contributed by atoms with Gasteiger partial charge >= 0.3 is 0 Å². The summed E-state index contributed by atoms with van der Waals surface area (Å²) < 4.78 is 0. The number of nitrogen functional groups attached to an aromatic ring is 1. The van der Waals surface area contributed by atoms with E-state index in [1.54, 1.807) is 12.3 Å². The SMILES string of the molecule is CC(C)(C)C1CCN(C(=O)Cc2ccc(N)cn2)CC1. The second-order valence-corrected chi connectivity index (χ2v) is 6.78. The van der Waals surface area contributed by atoms with Gasteiger partial charge in [0.25, 0.3) is 0 Å². The van der Waals surface area contributed by atoms with Crippen molar-refractivity contribution in [1.29, 1.82) is 0 Å². The Morgan fingerprint density at radius 3 is 2.50 bits per heavy atom. The lowest BCUT2D eigenvalue weighted by Gasteiger charge is -2.38. The van der Waals surface area contributed by atoms with Crippen LogP contribution in [0.3, 0.4) is 0 Å². The number of piperidine rings is 1. The third kappa shape index (κ3) is 3.71. The molecule has 1 aliphatic heterocycles. The standard InChI is InChI=1S/C16H25N3O/c1-16(2,3)12-6-8-19(9-7-12)15(20)10-14-5-4-13(17)11-18-14/h4-5,11-12H,6-10,17H2,1-3H3. The van der Waals surface area contributed by atoms with Gasteiger partial charge in [0, 0.05) is 18.8 Å². The quantitative estimate of drug-likeness (QED) is 0.902. The summed E-state index contributed by atoms with van der Waals surface area (Å²) in [6.07, 6.45) is 4.18. The van der Waals surface area contributed by atoms with Crippen molar-refractivity contribution < 1.29 is 4.79 Å². The number of carbonyl (C=O) groups excluding carboxylic acids is 1. The molecule has 2 N–H and O–H groups in total. The molecule has 0 saturated carbocycles. The number of nitrogens with zero attached hydrogens (tertiary/aromatic N) is 2. The van der Waals surface area contributed by atoms with Crippen molar-refractivity contribution in [3.8, 4) is 0 Å². The van der Waals surface area contributed by atoms with Crippen LogP contribution in [0.15, 0.2) is 18.3 Å². The highest BCUT2D eigenvalue weighted by Crippen LogP contribution is 2.34. The molecule has 2 heterocycles. The second kappa shape index (κ2) is 5.81. The van der Waals surface area contributed by atoms with Crippen molar-refractivity contribution in [1.82, 2.24) is 9.88 Å². The van der Waals surface area contributed by atoms with E-state index >= 15 is 0 Å². The van der Waals surface area contributed by atoms with Gasteiger partial charge in [-0.15, -0.1) is 0 Å². The smallest absolute Gasteiger partial charge is 0.228 e. The minimum absolute atomic E-state index is 0.176. The van der Waals surface area contributed by atoms with Crippen LogP contribution in [-0.2, 0) is 11.2 Å². The third-order valence-corrected chi connectivity index (χ3v) is 4.25. The molecule has 110 valence electrons. The summed E-state index contributed by atoms with van der Waals surface area (Å²) in [7, 11) is 0. The maximum absolute atomic E-state index is 12.3. The Balaban J connectivity index is 1.87. The van der Waals surface area contributed by atoms with E-state index in [0.29, 0.717) is 23.4 Å². The molecule has 0 aromatic carbocycles. The monoisotopic (exact) mass is 275 g/mol. The molecule has 0 unspecified atom stereocenters. The highest BCUT2D eigenvalue weighted by Gasteiger charge is 2.30. The Morgan fingerprint density at radius 2 is 2.00 bits per heavy atom. The minimum Gasteiger partial charge on any atom is -0.397 e. The van der Waals surface area contributed by atoms with Gasteiger partial charge in [-0.05, 0) is 36.3 Å². The largest absolute Gasteiger partial charge is 0.397 e. The number of hydrogen-bond donors (Lipinski definition) is 1. The Labute approximate surface area is 121 Å². The first-order valence-corrected chi connectivity index (χ1v) is 7.34. The molecule has 1 amide bonds. The summed E-state index contributed by atoms with van der Waals surface area (Å²) in [4.78, 5) is 18.4. The van der Waals surface area contributed by atoms with Crippen LogP contribution in [0.1, 0.15) is 39.3 Å². The van der Waals surface area contributed by atoms with Gasteiger partial charge in [-0.2, -0.15) is 0 Å². The lowest BCUT2D eigenvalue weighted by atomic mass is 9.75. The van der Waals surface area contributed by atoms with Crippen LogP contribution in [0, 0.1) is 11.3 Å². The van der Waals surface area contributed by atoms with Crippen molar-refractivity contribution in [2.45, 2.75) is 40.0 Å². The average molecular weight is 275 g/mol. The predicted octanol–water partition coefficient (Wildman–Crippen LogP) is 2.49. The van der Waals surface area contributed by atoms with E-state index in [1.165, 1.54) is 0 Å². The predicted molar refractivity (Wildman–Crippen MR) is 81.1 cm³/mol. The number of pyridine rings is 1. The Morgan fingerprint density at radius 1 is 1.35 bits per heavy atom. The van der Waals surface area contributed by atoms with Crippen molar-refractivity contribution in [3.05, 3.63) is 24.0 Å². The molecular formula is C16H25N3O. The lowest BCUT2D eigenvalue weighted by molar-refractivity contribution is -0.132. The fourth-order valence-corrected chi connectivity index (χ4v) is 2.80. The van der Waals surface area contributed by atoms with E-state index in [0.717, 1.165) is 31.6 Å². The molecule has 0 atom stereocenters. The number of anilines is 1. The summed E-state index contributed by atoms with van der Waals surface area (Å²) >= 11 is 0. The van der Waals surface area contributed by atoms with E-state index in [-0.39, 0.29) is 5.91 Å². The molecule has 4 nitrogen and oxygen atoms in total. The Kier molecular flexibility index (Phi) is 4.31. The summed E-state index contributed by atoms with van der Waals surface area (Å²) in [5.74, 6) is 0.885. The van der Waals surface area contributed by atoms with Crippen molar-refractivity contribution in [2.75, 3.05) is 18.8 Å². The molecule has 1 saturated heterocycles. The van der Waals surface area contributed by atoms with Gasteiger partial charge in [0.05, 0.1) is 18.3 Å². The zero-order chi connectivity index (χ0) is 14.8. The molecule has 1 aromatic rings. The topological polar surface area (TPSA) is 59.2 Å². The zero-order valence-corrected chi connectivity index (χ0v) is 12.7. The van der Waals surface area contributed by atoms with Crippen LogP contribution in [0.4, 0.5) is 5.69 Å². The van der Waals surface area contributed by atoms with Gasteiger partial charge in [-0.25, -0.2) is 0 Å². The first-order chi connectivity index (χ1) is 9.36. The molecule has 1 fully saturated rings. The zero-order valence-electron chi connectivity index (χ0n) is 12.7. The molecule has 0 spiro atoms. The van der Waals surface area contributed by atoms with E-state index in [4.69, 9.17) is 5.73 Å². The maximum atomic E-state index is 12.3. The molecule has 20 heavy (non-hydrogen) atoms. The maximum Gasteiger partial charge on any atom is 0.228 e. The highest BCUT2D eigenvalue weighted by atomic mass is 16.2. The minimum atomic E-state index is 0.176. The molecule has 1 aromatic heterocycles. The Bertz CT molecular complexity index is 454. The van der Waals surface area contributed by atoms with Gasteiger partial charge in [-0.3, -0.25) is 9.78 Å². The van der Waals surface area contributed by atoms with E-state index in [9.17, 15) is 4.79 Å². The van der Waals surface area contributed by atoms with Gasteiger partial charge < -0.3 is 10.6 Å². The molecule has 0 aliphatic carbocycles. The van der Waals surface area contributed by atoms with Crippen LogP contribution >= 0.6 is 0 Å². The fraction of sp³-hybridized carbons (Fsp3) is 0.625. The van der Waals surface area contributed by atoms with Crippen molar-refractivity contribution in [3.63, 3.8) is 0 Å².